The van der Waals surface area contributed by atoms with Gasteiger partial charge in [-0.2, -0.15) is 0 Å². The summed E-state index contributed by atoms with van der Waals surface area (Å²) < 4.78 is 10.6. The quantitative estimate of drug-likeness (QED) is 0.561. The SMILES string of the molecule is CN=C(NCc1ccc(OC)c(OC)c1)NCC1(c2cccc(Cl)c2)CC1. The lowest BCUT2D eigenvalue weighted by Crippen LogP contribution is -2.40. The molecule has 0 bridgehead atoms. The molecule has 1 aliphatic carbocycles. The minimum absolute atomic E-state index is 0.159. The summed E-state index contributed by atoms with van der Waals surface area (Å²) in [5, 5.41) is 7.59. The van der Waals surface area contributed by atoms with E-state index in [9.17, 15) is 0 Å². The number of ether oxygens (including phenoxy) is 2. The molecular weight excluding hydrogens is 362 g/mol. The van der Waals surface area contributed by atoms with E-state index in [2.05, 4.69) is 27.8 Å². The van der Waals surface area contributed by atoms with Crippen molar-refractivity contribution in [2.24, 2.45) is 4.99 Å². The van der Waals surface area contributed by atoms with Crippen LogP contribution >= 0.6 is 11.6 Å². The van der Waals surface area contributed by atoms with Crippen LogP contribution in [0.1, 0.15) is 24.0 Å². The van der Waals surface area contributed by atoms with Crippen LogP contribution in [-0.2, 0) is 12.0 Å². The van der Waals surface area contributed by atoms with Gasteiger partial charge in [-0.3, -0.25) is 4.99 Å². The zero-order valence-electron chi connectivity index (χ0n) is 16.0. The Morgan fingerprint density at radius 3 is 2.48 bits per heavy atom. The molecule has 0 spiro atoms. The minimum Gasteiger partial charge on any atom is -0.493 e. The molecule has 144 valence electrons. The molecule has 6 heteroatoms. The fourth-order valence-electron chi connectivity index (χ4n) is 3.19. The van der Waals surface area contributed by atoms with Gasteiger partial charge in [-0.15, -0.1) is 0 Å². The predicted octanol–water partition coefficient (Wildman–Crippen LogP) is 3.75. The fourth-order valence-corrected chi connectivity index (χ4v) is 3.38. The lowest BCUT2D eigenvalue weighted by molar-refractivity contribution is 0.354. The third-order valence-electron chi connectivity index (χ3n) is 5.02. The normalized spacial score (nSPS) is 15.2. The second-order valence-electron chi connectivity index (χ2n) is 6.76. The molecule has 5 nitrogen and oxygen atoms in total. The smallest absolute Gasteiger partial charge is 0.191 e. The van der Waals surface area contributed by atoms with Crippen LogP contribution in [0.2, 0.25) is 5.02 Å². The molecule has 0 saturated heterocycles. The van der Waals surface area contributed by atoms with Gasteiger partial charge in [0.25, 0.3) is 0 Å². The Balaban J connectivity index is 1.57. The van der Waals surface area contributed by atoms with Crippen molar-refractivity contribution >= 4 is 17.6 Å². The zero-order chi connectivity index (χ0) is 19.3. The monoisotopic (exact) mass is 387 g/mol. The van der Waals surface area contributed by atoms with Crippen molar-refractivity contribution in [2.45, 2.75) is 24.8 Å². The zero-order valence-corrected chi connectivity index (χ0v) is 16.8. The number of methoxy groups -OCH3 is 2. The van der Waals surface area contributed by atoms with Gasteiger partial charge in [-0.25, -0.2) is 0 Å². The molecule has 0 radical (unpaired) electrons. The first-order chi connectivity index (χ1) is 13.1. The van der Waals surface area contributed by atoms with Crippen molar-refractivity contribution < 1.29 is 9.47 Å². The van der Waals surface area contributed by atoms with Gasteiger partial charge in [0.2, 0.25) is 0 Å². The third-order valence-corrected chi connectivity index (χ3v) is 5.25. The van der Waals surface area contributed by atoms with Gasteiger partial charge in [-0.1, -0.05) is 29.8 Å². The molecule has 2 N–H and O–H groups in total. The van der Waals surface area contributed by atoms with Crippen molar-refractivity contribution in [3.63, 3.8) is 0 Å². The van der Waals surface area contributed by atoms with Gasteiger partial charge >= 0.3 is 0 Å². The summed E-state index contributed by atoms with van der Waals surface area (Å²) in [6, 6.07) is 14.0. The van der Waals surface area contributed by atoms with Crippen LogP contribution in [0.4, 0.5) is 0 Å². The summed E-state index contributed by atoms with van der Waals surface area (Å²) in [7, 11) is 5.05. The average molecular weight is 388 g/mol. The van der Waals surface area contributed by atoms with Crippen molar-refractivity contribution in [2.75, 3.05) is 27.8 Å². The first-order valence-corrected chi connectivity index (χ1v) is 9.39. The van der Waals surface area contributed by atoms with Crippen LogP contribution in [0, 0.1) is 0 Å². The molecule has 27 heavy (non-hydrogen) atoms. The highest BCUT2D eigenvalue weighted by Gasteiger charge is 2.44. The van der Waals surface area contributed by atoms with E-state index >= 15 is 0 Å². The summed E-state index contributed by atoms with van der Waals surface area (Å²) in [5.41, 5.74) is 2.54. The molecule has 0 aliphatic heterocycles. The second-order valence-corrected chi connectivity index (χ2v) is 7.20. The maximum absolute atomic E-state index is 6.16. The Labute approximate surface area is 165 Å². The van der Waals surface area contributed by atoms with E-state index in [4.69, 9.17) is 21.1 Å². The topological polar surface area (TPSA) is 54.9 Å². The van der Waals surface area contributed by atoms with E-state index in [1.807, 2.05) is 30.3 Å². The number of rotatable bonds is 7. The summed E-state index contributed by atoms with van der Waals surface area (Å²) >= 11 is 6.16. The lowest BCUT2D eigenvalue weighted by atomic mass is 9.96. The first-order valence-electron chi connectivity index (χ1n) is 9.02. The molecule has 1 aliphatic rings. The summed E-state index contributed by atoms with van der Waals surface area (Å²) in [6.45, 7) is 1.48. The summed E-state index contributed by atoms with van der Waals surface area (Å²) in [5.74, 6) is 2.22. The van der Waals surface area contributed by atoms with E-state index < -0.39 is 0 Å². The van der Waals surface area contributed by atoms with Crippen LogP contribution in [0.3, 0.4) is 0 Å². The predicted molar refractivity (Wildman–Crippen MR) is 110 cm³/mol. The lowest BCUT2D eigenvalue weighted by Gasteiger charge is -2.19. The highest BCUT2D eigenvalue weighted by Crippen LogP contribution is 2.48. The van der Waals surface area contributed by atoms with E-state index in [1.165, 1.54) is 5.56 Å². The van der Waals surface area contributed by atoms with Crippen LogP contribution in [0.25, 0.3) is 0 Å². The van der Waals surface area contributed by atoms with Gasteiger partial charge in [0, 0.05) is 30.6 Å². The number of nitrogens with one attached hydrogen (secondary N) is 2. The molecular formula is C21H26ClN3O2. The Bertz CT molecular complexity index is 819. The number of guanidine groups is 1. The van der Waals surface area contributed by atoms with Gasteiger partial charge in [0.1, 0.15) is 0 Å². The standard InChI is InChI=1S/C21H26ClN3O2/c1-23-20(24-13-15-7-8-18(26-2)19(11-15)27-3)25-14-21(9-10-21)16-5-4-6-17(22)12-16/h4-8,11-12H,9-10,13-14H2,1-3H3,(H2,23,24,25). The molecule has 2 aromatic carbocycles. The van der Waals surface area contributed by atoms with Crippen molar-refractivity contribution in [1.82, 2.24) is 10.6 Å². The molecule has 0 unspecified atom stereocenters. The summed E-state index contributed by atoms with van der Waals surface area (Å²) in [6.07, 6.45) is 2.32. The first kappa shape index (κ1) is 19.4. The maximum atomic E-state index is 6.16. The van der Waals surface area contributed by atoms with Crippen molar-refractivity contribution in [3.05, 3.63) is 58.6 Å². The summed E-state index contributed by atoms with van der Waals surface area (Å²) in [4.78, 5) is 4.33. The molecule has 0 heterocycles. The number of aliphatic imine (C=N–C) groups is 1. The molecule has 0 amide bonds. The van der Waals surface area contributed by atoms with Crippen LogP contribution in [0.5, 0.6) is 11.5 Å². The minimum atomic E-state index is 0.159. The van der Waals surface area contributed by atoms with E-state index in [1.54, 1.807) is 21.3 Å². The number of hydrogen-bond donors (Lipinski definition) is 2. The van der Waals surface area contributed by atoms with Gasteiger partial charge in [0.05, 0.1) is 14.2 Å². The van der Waals surface area contributed by atoms with Crippen LogP contribution < -0.4 is 20.1 Å². The number of hydrogen-bond acceptors (Lipinski definition) is 3. The van der Waals surface area contributed by atoms with Gasteiger partial charge < -0.3 is 20.1 Å². The van der Waals surface area contributed by atoms with E-state index in [0.717, 1.165) is 47.4 Å². The van der Waals surface area contributed by atoms with E-state index in [-0.39, 0.29) is 5.41 Å². The van der Waals surface area contributed by atoms with E-state index in [0.29, 0.717) is 6.54 Å². The van der Waals surface area contributed by atoms with Crippen LogP contribution in [-0.4, -0.2) is 33.8 Å². The largest absolute Gasteiger partial charge is 0.493 e. The molecule has 0 atom stereocenters. The second kappa shape index (κ2) is 8.53. The maximum Gasteiger partial charge on any atom is 0.191 e. The number of halogens is 1. The van der Waals surface area contributed by atoms with Gasteiger partial charge in [0.15, 0.2) is 17.5 Å². The Kier molecular flexibility index (Phi) is 6.11. The number of nitrogens with zero attached hydrogens (tertiary/aromatic N) is 1. The van der Waals surface area contributed by atoms with Crippen molar-refractivity contribution in [3.8, 4) is 11.5 Å². The highest BCUT2D eigenvalue weighted by molar-refractivity contribution is 6.30. The molecule has 0 aromatic heterocycles. The average Bonchev–Trinajstić information content (AvgIpc) is 3.49. The molecule has 2 aromatic rings. The van der Waals surface area contributed by atoms with Crippen LogP contribution in [0.15, 0.2) is 47.5 Å². The third kappa shape index (κ3) is 4.66. The molecule has 3 rings (SSSR count). The highest BCUT2D eigenvalue weighted by atomic mass is 35.5. The fraction of sp³-hybridized carbons (Fsp3) is 0.381. The Hall–Kier alpha value is -2.40. The molecule has 1 saturated carbocycles. The molecule has 1 fully saturated rings. The van der Waals surface area contributed by atoms with Gasteiger partial charge in [-0.05, 0) is 48.2 Å². The Morgan fingerprint density at radius 1 is 1.07 bits per heavy atom. The Morgan fingerprint density at radius 2 is 1.85 bits per heavy atom. The number of benzene rings is 2. The van der Waals surface area contributed by atoms with Crippen molar-refractivity contribution in [1.29, 1.82) is 0 Å².